The number of rotatable bonds is 6. The number of nitro groups is 1. The van der Waals surface area contributed by atoms with Crippen LogP contribution in [0, 0.1) is 17.0 Å². The van der Waals surface area contributed by atoms with Gasteiger partial charge in [0.05, 0.1) is 11.3 Å². The van der Waals surface area contributed by atoms with Gasteiger partial charge in [0.25, 0.3) is 5.69 Å². The van der Waals surface area contributed by atoms with Gasteiger partial charge in [-0.3, -0.25) is 14.9 Å². The Bertz CT molecular complexity index is 462. The van der Waals surface area contributed by atoms with E-state index < -0.39 is 10.9 Å². The number of pyridine rings is 1. The minimum absolute atomic E-state index is 0.00551. The fourth-order valence-electron chi connectivity index (χ4n) is 1.56. The summed E-state index contributed by atoms with van der Waals surface area (Å²) in [5.74, 6) is -0.325. The second-order valence-corrected chi connectivity index (χ2v) is 3.81. The van der Waals surface area contributed by atoms with E-state index in [1.54, 1.807) is 17.9 Å². The summed E-state index contributed by atoms with van der Waals surface area (Å²) < 4.78 is 0. The zero-order valence-electron chi connectivity index (χ0n) is 10.3. The van der Waals surface area contributed by atoms with Crippen molar-refractivity contribution in [2.45, 2.75) is 20.3 Å². The molecule has 18 heavy (non-hydrogen) atoms. The van der Waals surface area contributed by atoms with Crippen LogP contribution in [-0.4, -0.2) is 34.1 Å². The van der Waals surface area contributed by atoms with Gasteiger partial charge in [-0.1, -0.05) is 0 Å². The molecule has 0 amide bonds. The average molecular weight is 253 g/mol. The van der Waals surface area contributed by atoms with E-state index in [1.165, 1.54) is 6.20 Å². The largest absolute Gasteiger partial charge is 0.481 e. The average Bonchev–Trinajstić information content (AvgIpc) is 2.29. The number of aliphatic carboxylic acids is 1. The van der Waals surface area contributed by atoms with Crippen LogP contribution in [0.5, 0.6) is 0 Å². The van der Waals surface area contributed by atoms with Crippen molar-refractivity contribution in [3.05, 3.63) is 27.9 Å². The summed E-state index contributed by atoms with van der Waals surface area (Å²) in [7, 11) is 0. The van der Waals surface area contributed by atoms with E-state index in [-0.39, 0.29) is 12.1 Å². The molecule has 0 atom stereocenters. The molecular formula is C11H15N3O4. The molecule has 0 aliphatic carbocycles. The first kappa shape index (κ1) is 13.9. The highest BCUT2D eigenvalue weighted by atomic mass is 16.6. The van der Waals surface area contributed by atoms with Crippen molar-refractivity contribution in [1.29, 1.82) is 0 Å². The minimum Gasteiger partial charge on any atom is -0.481 e. The highest BCUT2D eigenvalue weighted by Gasteiger charge is 2.14. The first-order valence-electron chi connectivity index (χ1n) is 5.53. The predicted octanol–water partition coefficient (Wildman–Crippen LogP) is 1.60. The van der Waals surface area contributed by atoms with E-state index >= 15 is 0 Å². The van der Waals surface area contributed by atoms with Crippen molar-refractivity contribution in [3.8, 4) is 0 Å². The fourth-order valence-corrected chi connectivity index (χ4v) is 1.56. The summed E-state index contributed by atoms with van der Waals surface area (Å²) in [6.07, 6.45) is 1.21. The molecule has 0 spiro atoms. The van der Waals surface area contributed by atoms with Crippen LogP contribution in [0.15, 0.2) is 12.3 Å². The van der Waals surface area contributed by atoms with Crippen LogP contribution in [0.4, 0.5) is 11.5 Å². The number of anilines is 1. The first-order valence-corrected chi connectivity index (χ1v) is 5.53. The van der Waals surface area contributed by atoms with Gasteiger partial charge in [-0.05, 0) is 19.9 Å². The normalized spacial score (nSPS) is 10.1. The summed E-state index contributed by atoms with van der Waals surface area (Å²) in [6.45, 7) is 4.43. The quantitative estimate of drug-likeness (QED) is 0.611. The number of aromatic nitrogens is 1. The molecule has 1 heterocycles. The Morgan fingerprint density at radius 2 is 2.28 bits per heavy atom. The molecule has 0 bridgehead atoms. The fraction of sp³-hybridized carbons (Fsp3) is 0.455. The second kappa shape index (κ2) is 5.95. The van der Waals surface area contributed by atoms with Crippen molar-refractivity contribution >= 4 is 17.5 Å². The van der Waals surface area contributed by atoms with Crippen LogP contribution in [0.1, 0.15) is 18.9 Å². The third-order valence-electron chi connectivity index (χ3n) is 2.57. The van der Waals surface area contributed by atoms with Crippen LogP contribution in [-0.2, 0) is 4.79 Å². The monoisotopic (exact) mass is 253 g/mol. The van der Waals surface area contributed by atoms with Crippen molar-refractivity contribution in [1.82, 2.24) is 4.98 Å². The lowest BCUT2D eigenvalue weighted by Crippen LogP contribution is -2.26. The van der Waals surface area contributed by atoms with Gasteiger partial charge >= 0.3 is 5.97 Å². The van der Waals surface area contributed by atoms with Crippen LogP contribution < -0.4 is 4.90 Å². The Kier molecular flexibility index (Phi) is 4.59. The molecule has 98 valence electrons. The van der Waals surface area contributed by atoms with Gasteiger partial charge in [-0.25, -0.2) is 4.98 Å². The Balaban J connectivity index is 2.90. The van der Waals surface area contributed by atoms with E-state index in [4.69, 9.17) is 5.11 Å². The molecule has 1 N–H and O–H groups in total. The van der Waals surface area contributed by atoms with Gasteiger partial charge in [0.15, 0.2) is 0 Å². The minimum atomic E-state index is -0.882. The number of hydrogen-bond donors (Lipinski definition) is 1. The molecule has 1 rings (SSSR count). The highest BCUT2D eigenvalue weighted by Crippen LogP contribution is 2.21. The third kappa shape index (κ3) is 3.41. The number of aryl methyl sites for hydroxylation is 1. The predicted molar refractivity (Wildman–Crippen MR) is 65.8 cm³/mol. The molecule has 0 fully saturated rings. The molecule has 7 nitrogen and oxygen atoms in total. The topological polar surface area (TPSA) is 96.6 Å². The van der Waals surface area contributed by atoms with Crippen LogP contribution in [0.3, 0.4) is 0 Å². The summed E-state index contributed by atoms with van der Waals surface area (Å²) >= 11 is 0. The van der Waals surface area contributed by atoms with E-state index in [0.29, 0.717) is 24.5 Å². The molecule has 0 aliphatic heterocycles. The molecule has 0 radical (unpaired) electrons. The Hall–Kier alpha value is -2.18. The Morgan fingerprint density at radius 3 is 2.72 bits per heavy atom. The maximum absolute atomic E-state index is 10.7. The van der Waals surface area contributed by atoms with Gasteiger partial charge in [0, 0.05) is 18.7 Å². The maximum Gasteiger partial charge on any atom is 0.305 e. The third-order valence-corrected chi connectivity index (χ3v) is 2.57. The first-order chi connectivity index (χ1) is 8.45. The zero-order chi connectivity index (χ0) is 13.7. The lowest BCUT2D eigenvalue weighted by molar-refractivity contribution is -0.385. The molecule has 0 aromatic carbocycles. The number of hydrogen-bond acceptors (Lipinski definition) is 5. The van der Waals surface area contributed by atoms with Gasteiger partial charge in [0.2, 0.25) is 0 Å². The zero-order valence-corrected chi connectivity index (χ0v) is 10.3. The summed E-state index contributed by atoms with van der Waals surface area (Å²) in [4.78, 5) is 26.5. The van der Waals surface area contributed by atoms with E-state index in [9.17, 15) is 14.9 Å². The van der Waals surface area contributed by atoms with Crippen molar-refractivity contribution in [2.75, 3.05) is 18.0 Å². The number of carboxylic acid groups (broad SMARTS) is 1. The van der Waals surface area contributed by atoms with Gasteiger partial charge in [-0.2, -0.15) is 0 Å². The van der Waals surface area contributed by atoms with Gasteiger partial charge < -0.3 is 10.0 Å². The van der Waals surface area contributed by atoms with E-state index in [2.05, 4.69) is 4.98 Å². The SMILES string of the molecule is CCN(CCC(=O)O)c1cc(C)c([N+](=O)[O-])cn1. The molecule has 1 aromatic heterocycles. The van der Waals surface area contributed by atoms with Crippen molar-refractivity contribution in [2.24, 2.45) is 0 Å². The van der Waals surface area contributed by atoms with Gasteiger partial charge in [0.1, 0.15) is 12.0 Å². The van der Waals surface area contributed by atoms with E-state index in [0.717, 1.165) is 0 Å². The van der Waals surface area contributed by atoms with Crippen LogP contribution >= 0.6 is 0 Å². The number of nitrogens with zero attached hydrogens (tertiary/aromatic N) is 3. The lowest BCUT2D eigenvalue weighted by atomic mass is 10.2. The summed E-state index contributed by atoms with van der Waals surface area (Å²) in [5.41, 5.74) is 0.479. The van der Waals surface area contributed by atoms with Crippen LogP contribution in [0.2, 0.25) is 0 Å². The highest BCUT2D eigenvalue weighted by molar-refractivity contribution is 5.67. The molecule has 0 unspecified atom stereocenters. The number of carboxylic acids is 1. The maximum atomic E-state index is 10.7. The molecule has 0 saturated heterocycles. The molecule has 1 aromatic rings. The molecular weight excluding hydrogens is 238 g/mol. The number of carbonyl (C=O) groups is 1. The van der Waals surface area contributed by atoms with Crippen molar-refractivity contribution < 1.29 is 14.8 Å². The summed E-state index contributed by atoms with van der Waals surface area (Å²) in [5, 5.41) is 19.3. The smallest absolute Gasteiger partial charge is 0.305 e. The molecule has 0 aliphatic rings. The Morgan fingerprint density at radius 1 is 1.61 bits per heavy atom. The molecule has 0 saturated carbocycles. The second-order valence-electron chi connectivity index (χ2n) is 3.81. The van der Waals surface area contributed by atoms with E-state index in [1.807, 2.05) is 6.92 Å². The lowest BCUT2D eigenvalue weighted by Gasteiger charge is -2.21. The Labute approximate surface area is 104 Å². The standard InChI is InChI=1S/C11H15N3O4/c1-3-13(5-4-11(15)16)10-6-8(2)9(7-12-10)14(17)18/h6-7H,3-5H2,1-2H3,(H,15,16). The van der Waals surface area contributed by atoms with Crippen LogP contribution in [0.25, 0.3) is 0 Å². The van der Waals surface area contributed by atoms with Gasteiger partial charge in [-0.15, -0.1) is 0 Å². The summed E-state index contributed by atoms with van der Waals surface area (Å²) in [6, 6.07) is 1.60. The van der Waals surface area contributed by atoms with Crippen molar-refractivity contribution in [3.63, 3.8) is 0 Å². The molecule has 7 heteroatoms.